The molecule has 0 bridgehead atoms. The molecule has 2 rings (SSSR count). The van der Waals surface area contributed by atoms with Crippen molar-refractivity contribution in [3.05, 3.63) is 0 Å². The number of carbonyl (C=O) groups is 1. The van der Waals surface area contributed by atoms with Crippen molar-refractivity contribution in [3.8, 4) is 0 Å². The molecule has 0 aromatic carbocycles. The van der Waals surface area contributed by atoms with Gasteiger partial charge in [0.1, 0.15) is 0 Å². The van der Waals surface area contributed by atoms with E-state index >= 15 is 0 Å². The summed E-state index contributed by atoms with van der Waals surface area (Å²) in [6.45, 7) is 2.54. The molecule has 1 aliphatic carbocycles. The van der Waals surface area contributed by atoms with Crippen LogP contribution in [0.2, 0.25) is 0 Å². The minimum absolute atomic E-state index is 0.162. The largest absolute Gasteiger partial charge is 0.381 e. The van der Waals surface area contributed by atoms with E-state index in [-0.39, 0.29) is 17.9 Å². The lowest BCUT2D eigenvalue weighted by atomic mass is 10.0. The highest BCUT2D eigenvalue weighted by atomic mass is 16.5. The smallest absolute Gasteiger partial charge is 0.223 e. The number of nitrogens with one attached hydrogen (secondary N) is 1. The molecule has 2 aliphatic rings. The molecule has 92 valence electrons. The Labute approximate surface area is 96.9 Å². The SMILES string of the molecule is NC1CCC(C(=O)NCCC2CCOC2)C1. The summed E-state index contributed by atoms with van der Waals surface area (Å²) in [5.74, 6) is 1.01. The Hall–Kier alpha value is -0.610. The van der Waals surface area contributed by atoms with Crippen LogP contribution in [0.4, 0.5) is 0 Å². The highest BCUT2D eigenvalue weighted by molar-refractivity contribution is 5.78. The molecule has 4 heteroatoms. The predicted octanol–water partition coefficient (Wildman–Crippen LogP) is 0.657. The van der Waals surface area contributed by atoms with Gasteiger partial charge in [0, 0.05) is 31.7 Å². The Morgan fingerprint density at radius 3 is 2.88 bits per heavy atom. The Morgan fingerprint density at radius 1 is 1.38 bits per heavy atom. The average Bonchev–Trinajstić information content (AvgIpc) is 2.89. The first-order valence-electron chi connectivity index (χ1n) is 6.36. The molecule has 4 nitrogen and oxygen atoms in total. The molecular formula is C12H22N2O2. The zero-order valence-electron chi connectivity index (χ0n) is 9.78. The standard InChI is InChI=1S/C12H22N2O2/c13-11-2-1-10(7-11)12(15)14-5-3-9-4-6-16-8-9/h9-11H,1-8,13H2,(H,14,15). The fourth-order valence-electron chi connectivity index (χ4n) is 2.61. The van der Waals surface area contributed by atoms with E-state index in [2.05, 4.69) is 5.32 Å². The Kier molecular flexibility index (Phi) is 4.18. The highest BCUT2D eigenvalue weighted by Crippen LogP contribution is 2.24. The molecular weight excluding hydrogens is 204 g/mol. The third kappa shape index (κ3) is 3.19. The van der Waals surface area contributed by atoms with Crippen molar-refractivity contribution in [2.75, 3.05) is 19.8 Å². The van der Waals surface area contributed by atoms with Gasteiger partial charge >= 0.3 is 0 Å². The maximum Gasteiger partial charge on any atom is 0.223 e. The maximum atomic E-state index is 11.8. The Balaban J connectivity index is 1.60. The molecule has 0 aromatic rings. The second-order valence-corrected chi connectivity index (χ2v) is 5.08. The summed E-state index contributed by atoms with van der Waals surface area (Å²) in [6, 6.07) is 0.235. The van der Waals surface area contributed by atoms with Crippen molar-refractivity contribution in [3.63, 3.8) is 0 Å². The van der Waals surface area contributed by atoms with Crippen LogP contribution in [0.1, 0.15) is 32.1 Å². The number of carbonyl (C=O) groups excluding carboxylic acids is 1. The number of ether oxygens (including phenoxy) is 1. The molecule has 1 amide bonds. The molecule has 16 heavy (non-hydrogen) atoms. The van der Waals surface area contributed by atoms with Gasteiger partial charge in [0.05, 0.1) is 0 Å². The number of amides is 1. The van der Waals surface area contributed by atoms with Crippen LogP contribution in [-0.2, 0) is 9.53 Å². The summed E-state index contributed by atoms with van der Waals surface area (Å²) in [7, 11) is 0. The van der Waals surface area contributed by atoms with Crippen LogP contribution in [0.15, 0.2) is 0 Å². The highest BCUT2D eigenvalue weighted by Gasteiger charge is 2.27. The topological polar surface area (TPSA) is 64.4 Å². The summed E-state index contributed by atoms with van der Waals surface area (Å²) < 4.78 is 5.30. The molecule has 1 heterocycles. The lowest BCUT2D eigenvalue weighted by Gasteiger charge is -2.12. The van der Waals surface area contributed by atoms with Crippen molar-refractivity contribution < 1.29 is 9.53 Å². The molecule has 1 saturated heterocycles. The van der Waals surface area contributed by atoms with Crippen LogP contribution in [0.3, 0.4) is 0 Å². The van der Waals surface area contributed by atoms with Gasteiger partial charge in [0.25, 0.3) is 0 Å². The van der Waals surface area contributed by atoms with E-state index in [9.17, 15) is 4.79 Å². The number of hydrogen-bond donors (Lipinski definition) is 2. The molecule has 0 aromatic heterocycles. The Bertz CT molecular complexity index is 239. The summed E-state index contributed by atoms with van der Waals surface area (Å²) in [5.41, 5.74) is 5.79. The first kappa shape index (κ1) is 11.9. The second-order valence-electron chi connectivity index (χ2n) is 5.08. The number of nitrogens with two attached hydrogens (primary N) is 1. The maximum absolute atomic E-state index is 11.8. The van der Waals surface area contributed by atoms with Gasteiger partial charge in [-0.05, 0) is 38.0 Å². The van der Waals surface area contributed by atoms with E-state index in [0.717, 1.165) is 51.9 Å². The van der Waals surface area contributed by atoms with E-state index in [1.807, 2.05) is 0 Å². The molecule has 2 fully saturated rings. The lowest BCUT2D eigenvalue weighted by molar-refractivity contribution is -0.124. The first-order chi connectivity index (χ1) is 7.75. The first-order valence-corrected chi connectivity index (χ1v) is 6.36. The van der Waals surface area contributed by atoms with Gasteiger partial charge in [-0.1, -0.05) is 0 Å². The van der Waals surface area contributed by atoms with Crippen molar-refractivity contribution in [1.29, 1.82) is 0 Å². The van der Waals surface area contributed by atoms with Gasteiger partial charge in [0.2, 0.25) is 5.91 Å². The quantitative estimate of drug-likeness (QED) is 0.740. The van der Waals surface area contributed by atoms with Crippen molar-refractivity contribution in [2.45, 2.75) is 38.1 Å². The van der Waals surface area contributed by atoms with Crippen molar-refractivity contribution >= 4 is 5.91 Å². The fourth-order valence-corrected chi connectivity index (χ4v) is 2.61. The van der Waals surface area contributed by atoms with Gasteiger partial charge < -0.3 is 15.8 Å². The molecule has 3 atom stereocenters. The summed E-state index contributed by atoms with van der Waals surface area (Å²) >= 11 is 0. The van der Waals surface area contributed by atoms with Crippen molar-refractivity contribution in [1.82, 2.24) is 5.32 Å². The van der Waals surface area contributed by atoms with Crippen LogP contribution in [0, 0.1) is 11.8 Å². The Morgan fingerprint density at radius 2 is 2.25 bits per heavy atom. The molecule has 1 aliphatic heterocycles. The van der Waals surface area contributed by atoms with Crippen LogP contribution < -0.4 is 11.1 Å². The minimum atomic E-state index is 0.162. The zero-order chi connectivity index (χ0) is 11.4. The zero-order valence-corrected chi connectivity index (χ0v) is 9.78. The summed E-state index contributed by atoms with van der Waals surface area (Å²) in [5, 5.41) is 3.02. The van der Waals surface area contributed by atoms with E-state index in [0.29, 0.717) is 5.92 Å². The van der Waals surface area contributed by atoms with Gasteiger partial charge in [-0.15, -0.1) is 0 Å². The van der Waals surface area contributed by atoms with E-state index < -0.39 is 0 Å². The lowest BCUT2D eigenvalue weighted by Crippen LogP contribution is -2.32. The monoisotopic (exact) mass is 226 g/mol. The van der Waals surface area contributed by atoms with Gasteiger partial charge in [-0.3, -0.25) is 4.79 Å². The van der Waals surface area contributed by atoms with Gasteiger partial charge in [0.15, 0.2) is 0 Å². The van der Waals surface area contributed by atoms with Crippen molar-refractivity contribution in [2.24, 2.45) is 17.6 Å². The molecule has 1 saturated carbocycles. The van der Waals surface area contributed by atoms with Gasteiger partial charge in [-0.25, -0.2) is 0 Å². The van der Waals surface area contributed by atoms with E-state index in [1.165, 1.54) is 0 Å². The molecule has 0 spiro atoms. The normalized spacial score (nSPS) is 34.2. The third-order valence-corrected chi connectivity index (χ3v) is 3.72. The predicted molar refractivity (Wildman–Crippen MR) is 61.9 cm³/mol. The summed E-state index contributed by atoms with van der Waals surface area (Å²) in [6.07, 6.45) is 5.00. The summed E-state index contributed by atoms with van der Waals surface area (Å²) in [4.78, 5) is 11.8. The number of rotatable bonds is 4. The molecule has 0 radical (unpaired) electrons. The third-order valence-electron chi connectivity index (χ3n) is 3.72. The van der Waals surface area contributed by atoms with Crippen LogP contribution in [-0.4, -0.2) is 31.7 Å². The minimum Gasteiger partial charge on any atom is -0.381 e. The van der Waals surface area contributed by atoms with Crippen LogP contribution in [0.5, 0.6) is 0 Å². The van der Waals surface area contributed by atoms with Crippen LogP contribution >= 0.6 is 0 Å². The second kappa shape index (κ2) is 5.64. The fraction of sp³-hybridized carbons (Fsp3) is 0.917. The van der Waals surface area contributed by atoms with Crippen LogP contribution in [0.25, 0.3) is 0 Å². The average molecular weight is 226 g/mol. The number of hydrogen-bond acceptors (Lipinski definition) is 3. The van der Waals surface area contributed by atoms with E-state index in [1.54, 1.807) is 0 Å². The van der Waals surface area contributed by atoms with Gasteiger partial charge in [-0.2, -0.15) is 0 Å². The van der Waals surface area contributed by atoms with E-state index in [4.69, 9.17) is 10.5 Å². The molecule has 3 unspecified atom stereocenters. The molecule has 3 N–H and O–H groups in total.